The average molecular weight is 341 g/mol. The molecule has 2 unspecified atom stereocenters. The Labute approximate surface area is 142 Å². The van der Waals surface area contributed by atoms with E-state index in [9.17, 15) is 4.79 Å². The molecular weight excluding hydrogens is 326 g/mol. The molecule has 1 aliphatic heterocycles. The van der Waals surface area contributed by atoms with E-state index in [-0.39, 0.29) is 12.0 Å². The van der Waals surface area contributed by atoms with Gasteiger partial charge in [-0.2, -0.15) is 0 Å². The van der Waals surface area contributed by atoms with Crippen LogP contribution in [0.5, 0.6) is 11.5 Å². The van der Waals surface area contributed by atoms with Crippen molar-refractivity contribution in [3.05, 3.63) is 48.0 Å². The normalized spacial score (nSPS) is 19.0. The van der Waals surface area contributed by atoms with Crippen molar-refractivity contribution in [2.45, 2.75) is 19.1 Å². The number of para-hydroxylation sites is 2. The summed E-state index contributed by atoms with van der Waals surface area (Å²) in [6.07, 6.45) is 0.722. The fraction of sp³-hybridized carbons (Fsp3) is 0.176. The number of benzene rings is 1. The van der Waals surface area contributed by atoms with Gasteiger partial charge in [0.2, 0.25) is 6.10 Å². The van der Waals surface area contributed by atoms with Gasteiger partial charge in [0.25, 0.3) is 5.91 Å². The maximum Gasteiger partial charge on any atom is 0.271 e. The number of carbonyl (C=O) groups excluding carboxylic acids is 1. The molecule has 0 aliphatic carbocycles. The van der Waals surface area contributed by atoms with Gasteiger partial charge in [-0.3, -0.25) is 10.1 Å². The van der Waals surface area contributed by atoms with Crippen LogP contribution in [0.25, 0.3) is 11.4 Å². The lowest BCUT2D eigenvalue weighted by atomic mass is 10.1. The lowest BCUT2D eigenvalue weighted by molar-refractivity contribution is -0.128. The number of aromatic amines is 1. The Bertz CT molecular complexity index is 860. The summed E-state index contributed by atoms with van der Waals surface area (Å²) in [5.41, 5.74) is 1.70. The SMILES string of the molecule is CC1Oc2ccccc2OC1C(=O)Nc1nc(-c2ccc[nH]2)cs1. The zero-order valence-corrected chi connectivity index (χ0v) is 13.7. The standard InChI is InChI=1S/C17H15N3O3S/c1-10-15(23-14-7-3-2-6-13(14)22-10)16(21)20-17-19-12(9-24-17)11-5-4-8-18-11/h2-10,15,18H,1H3,(H,19,20,21). The van der Waals surface area contributed by atoms with Crippen LogP contribution >= 0.6 is 11.3 Å². The van der Waals surface area contributed by atoms with Crippen molar-refractivity contribution in [1.82, 2.24) is 9.97 Å². The number of anilines is 1. The molecule has 122 valence electrons. The van der Waals surface area contributed by atoms with Gasteiger partial charge in [0.05, 0.1) is 11.4 Å². The van der Waals surface area contributed by atoms with E-state index in [1.165, 1.54) is 11.3 Å². The molecule has 0 radical (unpaired) electrons. The molecule has 0 fully saturated rings. The second-order valence-electron chi connectivity index (χ2n) is 5.42. The third-order valence-electron chi connectivity index (χ3n) is 3.71. The molecular formula is C17H15N3O3S. The van der Waals surface area contributed by atoms with Crippen LogP contribution in [0.2, 0.25) is 0 Å². The zero-order valence-electron chi connectivity index (χ0n) is 12.9. The maximum absolute atomic E-state index is 12.5. The van der Waals surface area contributed by atoms with Crippen LogP contribution in [-0.4, -0.2) is 28.1 Å². The van der Waals surface area contributed by atoms with Gasteiger partial charge in [0, 0.05) is 11.6 Å². The quantitative estimate of drug-likeness (QED) is 0.766. The van der Waals surface area contributed by atoms with Crippen molar-refractivity contribution >= 4 is 22.4 Å². The average Bonchev–Trinajstić information content (AvgIpc) is 3.25. The minimum absolute atomic E-state index is 0.274. The summed E-state index contributed by atoms with van der Waals surface area (Å²) in [5.74, 6) is 0.948. The molecule has 0 saturated carbocycles. The minimum atomic E-state index is -0.724. The van der Waals surface area contributed by atoms with E-state index < -0.39 is 6.10 Å². The molecule has 2 N–H and O–H groups in total. The highest BCUT2D eigenvalue weighted by Gasteiger charge is 2.34. The number of amides is 1. The highest BCUT2D eigenvalue weighted by atomic mass is 32.1. The van der Waals surface area contributed by atoms with Crippen LogP contribution in [0.4, 0.5) is 5.13 Å². The first-order valence-corrected chi connectivity index (χ1v) is 8.41. The van der Waals surface area contributed by atoms with E-state index in [0.717, 1.165) is 11.4 Å². The second kappa shape index (κ2) is 6.01. The Morgan fingerprint density at radius 2 is 2.00 bits per heavy atom. The first kappa shape index (κ1) is 14.8. The van der Waals surface area contributed by atoms with Gasteiger partial charge in [0.15, 0.2) is 16.6 Å². The first-order chi connectivity index (χ1) is 11.7. The van der Waals surface area contributed by atoms with E-state index in [2.05, 4.69) is 15.3 Å². The molecule has 4 rings (SSSR count). The Balaban J connectivity index is 1.49. The molecule has 7 heteroatoms. The number of nitrogens with one attached hydrogen (secondary N) is 2. The predicted octanol–water partition coefficient (Wildman–Crippen LogP) is 3.31. The van der Waals surface area contributed by atoms with E-state index >= 15 is 0 Å². The number of hydrogen-bond acceptors (Lipinski definition) is 5. The Morgan fingerprint density at radius 3 is 2.75 bits per heavy atom. The molecule has 6 nitrogen and oxygen atoms in total. The number of carbonyl (C=O) groups is 1. The number of aromatic nitrogens is 2. The van der Waals surface area contributed by atoms with Crippen LogP contribution < -0.4 is 14.8 Å². The van der Waals surface area contributed by atoms with Gasteiger partial charge >= 0.3 is 0 Å². The van der Waals surface area contributed by atoms with Crippen molar-refractivity contribution in [2.24, 2.45) is 0 Å². The summed E-state index contributed by atoms with van der Waals surface area (Å²) in [5, 5.41) is 5.22. The topological polar surface area (TPSA) is 76.2 Å². The molecule has 1 aromatic carbocycles. The number of nitrogens with zero attached hydrogens (tertiary/aromatic N) is 1. The van der Waals surface area contributed by atoms with Crippen LogP contribution in [0.1, 0.15) is 6.92 Å². The second-order valence-corrected chi connectivity index (χ2v) is 6.28. The first-order valence-electron chi connectivity index (χ1n) is 7.53. The van der Waals surface area contributed by atoms with Gasteiger partial charge in [-0.25, -0.2) is 4.98 Å². The van der Waals surface area contributed by atoms with Crippen LogP contribution in [0.15, 0.2) is 48.0 Å². The molecule has 3 heterocycles. The van der Waals surface area contributed by atoms with Crippen molar-refractivity contribution in [2.75, 3.05) is 5.32 Å². The van der Waals surface area contributed by atoms with Gasteiger partial charge in [0.1, 0.15) is 6.10 Å². The van der Waals surface area contributed by atoms with E-state index in [4.69, 9.17) is 9.47 Å². The number of rotatable bonds is 3. The highest BCUT2D eigenvalue weighted by Crippen LogP contribution is 2.34. The summed E-state index contributed by atoms with van der Waals surface area (Å²) < 4.78 is 11.6. The molecule has 1 aliphatic rings. The van der Waals surface area contributed by atoms with E-state index in [1.807, 2.05) is 48.8 Å². The van der Waals surface area contributed by atoms with E-state index in [0.29, 0.717) is 16.6 Å². The molecule has 3 aromatic rings. The zero-order chi connectivity index (χ0) is 16.5. The van der Waals surface area contributed by atoms with Crippen molar-refractivity contribution < 1.29 is 14.3 Å². The third-order valence-corrected chi connectivity index (χ3v) is 4.47. The van der Waals surface area contributed by atoms with Crippen molar-refractivity contribution in [1.29, 1.82) is 0 Å². The van der Waals surface area contributed by atoms with Crippen molar-refractivity contribution in [3.8, 4) is 22.9 Å². The predicted molar refractivity (Wildman–Crippen MR) is 91.5 cm³/mol. The van der Waals surface area contributed by atoms with Crippen molar-refractivity contribution in [3.63, 3.8) is 0 Å². The van der Waals surface area contributed by atoms with Crippen LogP contribution in [-0.2, 0) is 4.79 Å². The Hall–Kier alpha value is -2.80. The number of thiazole rings is 1. The third kappa shape index (κ3) is 2.74. The smallest absolute Gasteiger partial charge is 0.271 e. The lowest BCUT2D eigenvalue weighted by Gasteiger charge is -2.30. The molecule has 0 saturated heterocycles. The summed E-state index contributed by atoms with van der Waals surface area (Å²) in [4.78, 5) is 20.0. The molecule has 24 heavy (non-hydrogen) atoms. The Kier molecular flexibility index (Phi) is 3.70. The van der Waals surface area contributed by atoms with Gasteiger partial charge < -0.3 is 14.5 Å². The number of H-pyrrole nitrogens is 1. The van der Waals surface area contributed by atoms with Gasteiger partial charge in [-0.05, 0) is 31.2 Å². The monoisotopic (exact) mass is 341 g/mol. The van der Waals surface area contributed by atoms with Crippen LogP contribution in [0.3, 0.4) is 0 Å². The van der Waals surface area contributed by atoms with Gasteiger partial charge in [-0.15, -0.1) is 11.3 Å². The molecule has 0 bridgehead atoms. The summed E-state index contributed by atoms with van der Waals surface area (Å²) in [6.45, 7) is 1.81. The molecule has 2 aromatic heterocycles. The molecule has 2 atom stereocenters. The maximum atomic E-state index is 12.5. The van der Waals surface area contributed by atoms with Crippen LogP contribution in [0, 0.1) is 0 Å². The lowest BCUT2D eigenvalue weighted by Crippen LogP contribution is -2.46. The van der Waals surface area contributed by atoms with Gasteiger partial charge in [-0.1, -0.05) is 12.1 Å². The molecule has 1 amide bonds. The number of ether oxygens (including phenoxy) is 2. The summed E-state index contributed by atoms with van der Waals surface area (Å²) in [6, 6.07) is 11.2. The highest BCUT2D eigenvalue weighted by molar-refractivity contribution is 7.14. The fourth-order valence-corrected chi connectivity index (χ4v) is 3.24. The minimum Gasteiger partial charge on any atom is -0.482 e. The number of hydrogen-bond donors (Lipinski definition) is 2. The summed E-state index contributed by atoms with van der Waals surface area (Å²) in [7, 11) is 0. The molecule has 0 spiro atoms. The summed E-state index contributed by atoms with van der Waals surface area (Å²) >= 11 is 1.37. The largest absolute Gasteiger partial charge is 0.482 e. The number of fused-ring (bicyclic) bond motifs is 1. The van der Waals surface area contributed by atoms with E-state index in [1.54, 1.807) is 6.07 Å². The fourth-order valence-electron chi connectivity index (χ4n) is 2.53. The Morgan fingerprint density at radius 1 is 1.21 bits per heavy atom.